The second-order valence-corrected chi connectivity index (χ2v) is 8.17. The van der Waals surface area contributed by atoms with Crippen molar-refractivity contribution in [2.75, 3.05) is 5.32 Å². The summed E-state index contributed by atoms with van der Waals surface area (Å²) in [7, 11) is 1.87. The lowest BCUT2D eigenvalue weighted by Gasteiger charge is -2.13. The van der Waals surface area contributed by atoms with E-state index in [1.807, 2.05) is 17.8 Å². The van der Waals surface area contributed by atoms with E-state index in [0.29, 0.717) is 15.4 Å². The van der Waals surface area contributed by atoms with E-state index in [1.54, 1.807) is 30.5 Å². The van der Waals surface area contributed by atoms with E-state index in [2.05, 4.69) is 15.4 Å². The van der Waals surface area contributed by atoms with Gasteiger partial charge in [-0.25, -0.2) is 9.67 Å². The number of aryl methyl sites for hydroxylation is 1. The maximum absolute atomic E-state index is 13.8. The average molecular weight is 478 g/mol. The molecule has 0 saturated heterocycles. The van der Waals surface area contributed by atoms with Crippen LogP contribution in [0.5, 0.6) is 0 Å². The molecule has 32 heavy (non-hydrogen) atoms. The largest absolute Gasteiger partial charge is 0.434 e. The highest BCUT2D eigenvalue weighted by molar-refractivity contribution is 7.99. The number of halogens is 4. The van der Waals surface area contributed by atoms with Crippen molar-refractivity contribution >= 4 is 35.0 Å². The zero-order valence-corrected chi connectivity index (χ0v) is 18.0. The van der Waals surface area contributed by atoms with Crippen molar-refractivity contribution in [1.82, 2.24) is 19.3 Å². The highest BCUT2D eigenvalue weighted by Crippen LogP contribution is 2.34. The lowest BCUT2D eigenvalue weighted by atomic mass is 10.2. The van der Waals surface area contributed by atoms with Crippen LogP contribution in [0.2, 0.25) is 5.02 Å². The van der Waals surface area contributed by atoms with Crippen LogP contribution in [0.1, 0.15) is 16.1 Å². The summed E-state index contributed by atoms with van der Waals surface area (Å²) < 4.78 is 43.9. The van der Waals surface area contributed by atoms with E-state index in [-0.39, 0.29) is 5.69 Å². The predicted molar refractivity (Wildman–Crippen MR) is 115 cm³/mol. The fraction of sp³-hybridized carbons (Fsp3) is 0.0952. The highest BCUT2D eigenvalue weighted by atomic mass is 35.5. The number of carbonyl (C=O) groups is 1. The lowest BCUT2D eigenvalue weighted by molar-refractivity contribution is -0.143. The Morgan fingerprint density at radius 3 is 2.38 bits per heavy atom. The Morgan fingerprint density at radius 1 is 1.09 bits per heavy atom. The third kappa shape index (κ3) is 4.66. The molecular weight excluding hydrogens is 463 g/mol. The van der Waals surface area contributed by atoms with Gasteiger partial charge in [0, 0.05) is 35.0 Å². The summed E-state index contributed by atoms with van der Waals surface area (Å²) in [5.41, 5.74) is -1.26. The van der Waals surface area contributed by atoms with Crippen LogP contribution < -0.4 is 5.32 Å². The number of amides is 1. The summed E-state index contributed by atoms with van der Waals surface area (Å²) in [6.45, 7) is 0. The fourth-order valence-electron chi connectivity index (χ4n) is 2.93. The number of benzene rings is 2. The maximum Gasteiger partial charge on any atom is 0.434 e. The zero-order valence-electron chi connectivity index (χ0n) is 16.5. The van der Waals surface area contributed by atoms with Gasteiger partial charge in [0.1, 0.15) is 0 Å². The van der Waals surface area contributed by atoms with Crippen LogP contribution in [-0.2, 0) is 13.2 Å². The molecule has 6 nitrogen and oxygen atoms in total. The van der Waals surface area contributed by atoms with E-state index in [9.17, 15) is 18.0 Å². The SMILES string of the molecule is Cn1ccnc1Sc1ccc(NC(=O)c2cnn(-c3ccc(Cl)cc3)c2C(F)(F)F)cc1. The molecule has 0 spiro atoms. The third-order valence-corrected chi connectivity index (χ3v) is 5.79. The molecule has 2 aromatic heterocycles. The van der Waals surface area contributed by atoms with Gasteiger partial charge in [0.15, 0.2) is 10.9 Å². The highest BCUT2D eigenvalue weighted by Gasteiger charge is 2.40. The molecule has 164 valence electrons. The topological polar surface area (TPSA) is 64.7 Å². The summed E-state index contributed by atoms with van der Waals surface area (Å²) in [6, 6.07) is 12.4. The van der Waals surface area contributed by atoms with Crippen LogP contribution in [-0.4, -0.2) is 25.2 Å². The van der Waals surface area contributed by atoms with Gasteiger partial charge in [-0.05, 0) is 48.5 Å². The first-order valence-electron chi connectivity index (χ1n) is 9.20. The first kappa shape index (κ1) is 22.0. The standard InChI is InChI=1S/C21H15ClF3N5OS/c1-29-11-10-26-20(29)32-16-8-4-14(5-9-16)28-19(31)17-12-27-30(18(17)21(23,24)25)15-6-2-13(22)3-7-15/h2-12H,1H3,(H,28,31). The molecule has 1 amide bonds. The molecule has 2 aromatic carbocycles. The van der Waals surface area contributed by atoms with Crippen LogP contribution >= 0.6 is 23.4 Å². The van der Waals surface area contributed by atoms with Crippen molar-refractivity contribution in [3.8, 4) is 5.69 Å². The molecular formula is C21H15ClF3N5OS. The molecule has 2 heterocycles. The summed E-state index contributed by atoms with van der Waals surface area (Å²) in [5.74, 6) is -0.915. The van der Waals surface area contributed by atoms with Crippen molar-refractivity contribution < 1.29 is 18.0 Å². The Morgan fingerprint density at radius 2 is 1.78 bits per heavy atom. The molecule has 0 aliphatic rings. The molecule has 0 bridgehead atoms. The molecule has 11 heteroatoms. The fourth-order valence-corrected chi connectivity index (χ4v) is 3.85. The second-order valence-electron chi connectivity index (χ2n) is 6.69. The van der Waals surface area contributed by atoms with Gasteiger partial charge in [0.2, 0.25) is 0 Å². The van der Waals surface area contributed by atoms with Gasteiger partial charge < -0.3 is 9.88 Å². The van der Waals surface area contributed by atoms with Gasteiger partial charge >= 0.3 is 6.18 Å². The average Bonchev–Trinajstić information content (AvgIpc) is 3.37. The van der Waals surface area contributed by atoms with Crippen LogP contribution in [0.4, 0.5) is 18.9 Å². The molecule has 0 aliphatic heterocycles. The van der Waals surface area contributed by atoms with E-state index in [0.717, 1.165) is 16.2 Å². The van der Waals surface area contributed by atoms with Crippen molar-refractivity contribution in [3.63, 3.8) is 0 Å². The third-order valence-electron chi connectivity index (χ3n) is 4.45. The van der Waals surface area contributed by atoms with Gasteiger partial charge in [-0.3, -0.25) is 4.79 Å². The molecule has 0 atom stereocenters. The van der Waals surface area contributed by atoms with Crippen LogP contribution in [0, 0.1) is 0 Å². The number of nitrogens with one attached hydrogen (secondary N) is 1. The van der Waals surface area contributed by atoms with E-state index >= 15 is 0 Å². The molecule has 0 unspecified atom stereocenters. The first-order chi connectivity index (χ1) is 15.2. The maximum atomic E-state index is 13.8. The minimum atomic E-state index is -4.80. The van der Waals surface area contributed by atoms with Crippen LogP contribution in [0.3, 0.4) is 0 Å². The number of carbonyl (C=O) groups excluding carboxylic acids is 1. The quantitative estimate of drug-likeness (QED) is 0.401. The molecule has 4 aromatic rings. The minimum Gasteiger partial charge on any atom is -0.329 e. The molecule has 1 N–H and O–H groups in total. The van der Waals surface area contributed by atoms with Crippen molar-refractivity contribution in [2.24, 2.45) is 7.05 Å². The Bertz CT molecular complexity index is 1250. The molecule has 0 aliphatic carbocycles. The van der Waals surface area contributed by atoms with Crippen molar-refractivity contribution in [3.05, 3.63) is 83.4 Å². The minimum absolute atomic E-state index is 0.136. The number of anilines is 1. The van der Waals surface area contributed by atoms with E-state index < -0.39 is 23.3 Å². The summed E-state index contributed by atoms with van der Waals surface area (Å²) in [4.78, 5) is 17.7. The predicted octanol–water partition coefficient (Wildman–Crippen LogP) is 5.68. The molecule has 0 radical (unpaired) electrons. The van der Waals surface area contributed by atoms with Gasteiger partial charge in [-0.2, -0.15) is 18.3 Å². The van der Waals surface area contributed by atoms with Gasteiger partial charge in [0.05, 0.1) is 17.4 Å². The van der Waals surface area contributed by atoms with Gasteiger partial charge in [-0.1, -0.05) is 23.4 Å². The molecule has 0 saturated carbocycles. The zero-order chi connectivity index (χ0) is 22.9. The van der Waals surface area contributed by atoms with Crippen molar-refractivity contribution in [1.29, 1.82) is 0 Å². The van der Waals surface area contributed by atoms with Crippen LogP contribution in [0.15, 0.2) is 77.2 Å². The van der Waals surface area contributed by atoms with Gasteiger partial charge in [-0.15, -0.1) is 0 Å². The summed E-state index contributed by atoms with van der Waals surface area (Å²) in [6.07, 6.45) is -0.401. The first-order valence-corrected chi connectivity index (χ1v) is 10.4. The number of aromatic nitrogens is 4. The molecule has 0 fully saturated rings. The number of alkyl halides is 3. The van der Waals surface area contributed by atoms with Gasteiger partial charge in [0.25, 0.3) is 5.91 Å². The number of imidazole rings is 1. The normalized spacial score (nSPS) is 11.5. The Hall–Kier alpha value is -3.24. The summed E-state index contributed by atoms with van der Waals surface area (Å²) in [5, 5.41) is 7.44. The van der Waals surface area contributed by atoms with E-state index in [4.69, 9.17) is 11.6 Å². The van der Waals surface area contributed by atoms with Crippen molar-refractivity contribution in [2.45, 2.75) is 16.2 Å². The Kier molecular flexibility index (Phi) is 5.98. The summed E-state index contributed by atoms with van der Waals surface area (Å²) >= 11 is 7.23. The van der Waals surface area contributed by atoms with Crippen LogP contribution in [0.25, 0.3) is 5.69 Å². The monoisotopic (exact) mass is 477 g/mol. The number of hydrogen-bond acceptors (Lipinski definition) is 4. The smallest absolute Gasteiger partial charge is 0.329 e. The lowest BCUT2D eigenvalue weighted by Crippen LogP contribution is -2.20. The van der Waals surface area contributed by atoms with E-state index in [1.165, 1.54) is 36.0 Å². The number of rotatable bonds is 5. The Labute approximate surface area is 190 Å². The second kappa shape index (κ2) is 8.71. The number of nitrogens with zero attached hydrogens (tertiary/aromatic N) is 4. The Balaban J connectivity index is 1.57. The number of hydrogen-bond donors (Lipinski definition) is 1. The molecule has 4 rings (SSSR count).